The second-order valence-electron chi connectivity index (χ2n) is 3.55. The van der Waals surface area contributed by atoms with Gasteiger partial charge in [-0.15, -0.1) is 0 Å². The Morgan fingerprint density at radius 1 is 1.06 bits per heavy atom. The molecule has 0 radical (unpaired) electrons. The average Bonchev–Trinajstić information content (AvgIpc) is 2.41. The maximum absolute atomic E-state index is 5.60. The molecule has 1 aromatic rings. The Balaban J connectivity index is 0.00000121. The van der Waals surface area contributed by atoms with Gasteiger partial charge in [-0.05, 0) is 43.5 Å². The molecule has 1 aromatic carbocycles. The van der Waals surface area contributed by atoms with E-state index in [9.17, 15) is 0 Å². The highest BCUT2D eigenvalue weighted by Gasteiger charge is 1.95. The van der Waals surface area contributed by atoms with Gasteiger partial charge in [-0.1, -0.05) is 26.0 Å². The van der Waals surface area contributed by atoms with Crippen molar-refractivity contribution >= 4 is 0 Å². The number of hydrogen-bond acceptors (Lipinski definition) is 3. The lowest BCUT2D eigenvalue weighted by molar-refractivity contribution is 0.305. The van der Waals surface area contributed by atoms with E-state index in [2.05, 4.69) is 0 Å². The van der Waals surface area contributed by atoms with Gasteiger partial charge in [0.1, 0.15) is 5.75 Å². The predicted molar refractivity (Wildman–Crippen MR) is 74.1 cm³/mol. The molecular formula is C14H26N2O. The van der Waals surface area contributed by atoms with Crippen LogP contribution in [0.3, 0.4) is 0 Å². The van der Waals surface area contributed by atoms with Gasteiger partial charge < -0.3 is 16.2 Å². The Bertz CT molecular complexity index is 277. The summed E-state index contributed by atoms with van der Waals surface area (Å²) in [6.45, 7) is 6.08. The molecule has 4 N–H and O–H groups in total. The Hall–Kier alpha value is -1.06. The average molecular weight is 238 g/mol. The summed E-state index contributed by atoms with van der Waals surface area (Å²) in [5.74, 6) is 0.908. The maximum atomic E-state index is 5.60. The number of hydrogen-bond donors (Lipinski definition) is 2. The van der Waals surface area contributed by atoms with E-state index in [1.54, 1.807) is 0 Å². The number of nitrogens with two attached hydrogens (primary N) is 2. The molecule has 0 atom stereocenters. The third-order valence-electron chi connectivity index (χ3n) is 2.25. The van der Waals surface area contributed by atoms with Gasteiger partial charge in [-0.2, -0.15) is 0 Å². The van der Waals surface area contributed by atoms with Gasteiger partial charge in [0.2, 0.25) is 0 Å². The van der Waals surface area contributed by atoms with Crippen molar-refractivity contribution in [2.24, 2.45) is 11.5 Å². The minimum Gasteiger partial charge on any atom is -0.494 e. The smallest absolute Gasteiger partial charge is 0.119 e. The topological polar surface area (TPSA) is 61.3 Å². The Morgan fingerprint density at radius 3 is 2.47 bits per heavy atom. The number of rotatable bonds is 7. The zero-order valence-electron chi connectivity index (χ0n) is 11.1. The zero-order chi connectivity index (χ0) is 12.9. The second kappa shape index (κ2) is 11.4. The van der Waals surface area contributed by atoms with E-state index >= 15 is 0 Å². The van der Waals surface area contributed by atoms with E-state index in [-0.39, 0.29) is 0 Å². The van der Waals surface area contributed by atoms with Crippen LogP contribution in [0.2, 0.25) is 0 Å². The van der Waals surface area contributed by atoms with Gasteiger partial charge >= 0.3 is 0 Å². The van der Waals surface area contributed by atoms with Crippen molar-refractivity contribution in [2.45, 2.75) is 39.7 Å². The van der Waals surface area contributed by atoms with E-state index in [1.165, 1.54) is 0 Å². The van der Waals surface area contributed by atoms with Gasteiger partial charge in [0.15, 0.2) is 0 Å². The fourth-order valence-corrected chi connectivity index (χ4v) is 1.38. The van der Waals surface area contributed by atoms with Crippen LogP contribution in [-0.4, -0.2) is 13.2 Å². The Kier molecular flexibility index (Phi) is 10.7. The SMILES string of the molecule is CC.NCCCCCOc1cccc(CN)c1. The molecule has 0 saturated heterocycles. The normalized spacial score (nSPS) is 9.41. The molecule has 3 heteroatoms. The third kappa shape index (κ3) is 7.77. The first-order valence-electron chi connectivity index (χ1n) is 6.48. The third-order valence-corrected chi connectivity index (χ3v) is 2.25. The molecule has 0 saturated carbocycles. The van der Waals surface area contributed by atoms with Crippen molar-refractivity contribution in [3.8, 4) is 5.75 Å². The zero-order valence-corrected chi connectivity index (χ0v) is 11.1. The van der Waals surface area contributed by atoms with E-state index in [1.807, 2.05) is 38.1 Å². The van der Waals surface area contributed by atoms with Crippen LogP contribution in [0.4, 0.5) is 0 Å². The standard InChI is InChI=1S/C12H20N2O.C2H6/c13-7-2-1-3-8-15-12-6-4-5-11(9-12)10-14;1-2/h4-6,9H,1-3,7-8,10,13-14H2;1-2H3. The van der Waals surface area contributed by atoms with E-state index < -0.39 is 0 Å². The molecule has 0 fully saturated rings. The van der Waals surface area contributed by atoms with Crippen molar-refractivity contribution in [3.05, 3.63) is 29.8 Å². The highest BCUT2D eigenvalue weighted by Crippen LogP contribution is 2.13. The van der Waals surface area contributed by atoms with Crippen molar-refractivity contribution in [3.63, 3.8) is 0 Å². The van der Waals surface area contributed by atoms with Gasteiger partial charge in [-0.3, -0.25) is 0 Å². The lowest BCUT2D eigenvalue weighted by Crippen LogP contribution is -2.02. The Morgan fingerprint density at radius 2 is 1.82 bits per heavy atom. The van der Waals surface area contributed by atoms with Crippen LogP contribution in [0.15, 0.2) is 24.3 Å². The predicted octanol–water partition coefficient (Wildman–Crippen LogP) is 2.68. The van der Waals surface area contributed by atoms with Crippen LogP contribution >= 0.6 is 0 Å². The van der Waals surface area contributed by atoms with Crippen LogP contribution in [0.1, 0.15) is 38.7 Å². The Labute approximate surface area is 105 Å². The van der Waals surface area contributed by atoms with Crippen molar-refractivity contribution < 1.29 is 4.74 Å². The quantitative estimate of drug-likeness (QED) is 0.718. The largest absolute Gasteiger partial charge is 0.494 e. The van der Waals surface area contributed by atoms with Crippen molar-refractivity contribution in [2.75, 3.05) is 13.2 Å². The first-order chi connectivity index (χ1) is 8.36. The minimum atomic E-state index is 0.560. The second-order valence-corrected chi connectivity index (χ2v) is 3.55. The summed E-state index contributed by atoms with van der Waals surface area (Å²) in [6, 6.07) is 7.92. The molecule has 0 aliphatic heterocycles. The van der Waals surface area contributed by atoms with Crippen LogP contribution in [0, 0.1) is 0 Å². The summed E-state index contributed by atoms with van der Waals surface area (Å²) < 4.78 is 5.60. The summed E-state index contributed by atoms with van der Waals surface area (Å²) in [6.07, 6.45) is 3.27. The summed E-state index contributed by atoms with van der Waals surface area (Å²) in [4.78, 5) is 0. The van der Waals surface area contributed by atoms with E-state index in [4.69, 9.17) is 16.2 Å². The highest BCUT2D eigenvalue weighted by atomic mass is 16.5. The van der Waals surface area contributed by atoms with Gasteiger partial charge in [0.05, 0.1) is 6.61 Å². The molecule has 98 valence electrons. The summed E-state index contributed by atoms with van der Waals surface area (Å²) in [5, 5.41) is 0. The molecule has 3 nitrogen and oxygen atoms in total. The lowest BCUT2D eigenvalue weighted by Gasteiger charge is -2.06. The van der Waals surface area contributed by atoms with Crippen LogP contribution in [0.5, 0.6) is 5.75 Å². The minimum absolute atomic E-state index is 0.560. The fourth-order valence-electron chi connectivity index (χ4n) is 1.38. The molecule has 1 rings (SSSR count). The highest BCUT2D eigenvalue weighted by molar-refractivity contribution is 5.28. The summed E-state index contributed by atoms with van der Waals surface area (Å²) in [7, 11) is 0. The molecule has 0 unspecified atom stereocenters. The number of benzene rings is 1. The first-order valence-corrected chi connectivity index (χ1v) is 6.48. The molecular weight excluding hydrogens is 212 g/mol. The van der Waals surface area contributed by atoms with E-state index in [0.29, 0.717) is 6.54 Å². The summed E-state index contributed by atoms with van der Waals surface area (Å²) >= 11 is 0. The van der Waals surface area contributed by atoms with Crippen molar-refractivity contribution in [1.29, 1.82) is 0 Å². The van der Waals surface area contributed by atoms with Gasteiger partial charge in [0, 0.05) is 6.54 Å². The van der Waals surface area contributed by atoms with E-state index in [0.717, 1.165) is 43.7 Å². The van der Waals surface area contributed by atoms with Crippen molar-refractivity contribution in [1.82, 2.24) is 0 Å². The molecule has 0 aromatic heterocycles. The fraction of sp³-hybridized carbons (Fsp3) is 0.571. The number of ether oxygens (including phenoxy) is 1. The molecule has 0 aliphatic carbocycles. The molecule has 17 heavy (non-hydrogen) atoms. The lowest BCUT2D eigenvalue weighted by atomic mass is 10.2. The molecule has 0 amide bonds. The molecule has 0 heterocycles. The van der Waals surface area contributed by atoms with Crippen LogP contribution < -0.4 is 16.2 Å². The summed E-state index contributed by atoms with van der Waals surface area (Å²) in [5.41, 5.74) is 12.1. The molecule has 0 spiro atoms. The van der Waals surface area contributed by atoms with Crippen LogP contribution in [0.25, 0.3) is 0 Å². The molecule has 0 bridgehead atoms. The monoisotopic (exact) mass is 238 g/mol. The molecule has 0 aliphatic rings. The first kappa shape index (κ1) is 15.9. The van der Waals surface area contributed by atoms with Crippen LogP contribution in [-0.2, 0) is 6.54 Å². The maximum Gasteiger partial charge on any atom is 0.119 e. The number of unbranched alkanes of at least 4 members (excludes halogenated alkanes) is 2. The van der Waals surface area contributed by atoms with Gasteiger partial charge in [0.25, 0.3) is 0 Å². The van der Waals surface area contributed by atoms with Gasteiger partial charge in [-0.25, -0.2) is 0 Å².